The Bertz CT molecular complexity index is 949. The molecular formula is C23H28N5O2+. The second-order valence-electron chi connectivity index (χ2n) is 7.48. The lowest BCUT2D eigenvalue weighted by molar-refractivity contribution is -0.364. The molecule has 1 N–H and O–H groups in total. The molecule has 1 saturated heterocycles. The number of aryl methyl sites for hydroxylation is 1. The molecule has 0 bridgehead atoms. The summed E-state index contributed by atoms with van der Waals surface area (Å²) in [6.45, 7) is 4.26. The molecule has 2 aromatic heterocycles. The van der Waals surface area contributed by atoms with Crippen LogP contribution in [0.4, 0.5) is 5.82 Å². The summed E-state index contributed by atoms with van der Waals surface area (Å²) in [5.74, 6) is 1.87. The zero-order chi connectivity index (χ0) is 20.8. The molecule has 7 heteroatoms. The summed E-state index contributed by atoms with van der Waals surface area (Å²) in [5.41, 5.74) is 1.86. The van der Waals surface area contributed by atoms with E-state index in [0.29, 0.717) is 18.7 Å². The normalized spacial score (nSPS) is 14.0. The van der Waals surface area contributed by atoms with Gasteiger partial charge in [0.1, 0.15) is 25.1 Å². The molecule has 1 aromatic carbocycles. The molecule has 0 unspecified atom stereocenters. The summed E-state index contributed by atoms with van der Waals surface area (Å²) in [5, 5.41) is 0. The smallest absolute Gasteiger partial charge is 0.274 e. The van der Waals surface area contributed by atoms with Gasteiger partial charge in [0.05, 0.1) is 25.3 Å². The van der Waals surface area contributed by atoms with Gasteiger partial charge in [-0.05, 0) is 18.1 Å². The number of carbonyl (C=O) groups excluding carboxylic acids is 1. The van der Waals surface area contributed by atoms with E-state index in [1.165, 1.54) is 5.56 Å². The first kappa shape index (κ1) is 20.1. The second-order valence-corrected chi connectivity index (χ2v) is 7.48. The third-order valence-electron chi connectivity index (χ3n) is 5.45. The standard InChI is InChI=1S/C23H27N5O2/c1-26-12-10-24-22(26)18-28(11-9-19-5-3-2-4-6-19)23(29)20-7-8-21(25-17-20)27-13-15-30-16-14-27/h2-8,10,12,17H,9,11,13-16,18H2,1H3/p+1. The van der Waals surface area contributed by atoms with E-state index in [2.05, 4.69) is 27.0 Å². The lowest BCUT2D eigenvalue weighted by Gasteiger charge is -2.23. The molecule has 1 fully saturated rings. The van der Waals surface area contributed by atoms with E-state index in [1.807, 2.05) is 53.0 Å². The number of benzene rings is 1. The molecule has 30 heavy (non-hydrogen) atoms. The Morgan fingerprint density at radius 1 is 1.17 bits per heavy atom. The SMILES string of the molecule is Cn1ccnc1CN(CCc1ccccc1)C(=O)c1ccc(N2CCOCC2)[nH+]c1. The molecule has 1 amide bonds. The Morgan fingerprint density at radius 2 is 1.97 bits per heavy atom. The van der Waals surface area contributed by atoms with Gasteiger partial charge in [-0.2, -0.15) is 0 Å². The Morgan fingerprint density at radius 3 is 2.63 bits per heavy atom. The molecule has 3 aromatic rings. The number of morpholine rings is 1. The number of carbonyl (C=O) groups is 1. The number of imidazole rings is 1. The molecule has 0 aliphatic carbocycles. The number of hydrogen-bond acceptors (Lipinski definition) is 4. The largest absolute Gasteiger partial charge is 0.373 e. The van der Waals surface area contributed by atoms with Crippen LogP contribution in [0.2, 0.25) is 0 Å². The van der Waals surface area contributed by atoms with Gasteiger partial charge in [0, 0.05) is 32.1 Å². The minimum Gasteiger partial charge on any atom is -0.373 e. The number of nitrogens with one attached hydrogen (secondary N) is 1. The van der Waals surface area contributed by atoms with Crippen molar-refractivity contribution in [2.45, 2.75) is 13.0 Å². The van der Waals surface area contributed by atoms with Crippen LogP contribution in [0.1, 0.15) is 21.7 Å². The van der Waals surface area contributed by atoms with Gasteiger partial charge in [0.15, 0.2) is 0 Å². The van der Waals surface area contributed by atoms with Crippen LogP contribution in [0.15, 0.2) is 61.1 Å². The molecule has 4 rings (SSSR count). The van der Waals surface area contributed by atoms with E-state index >= 15 is 0 Å². The van der Waals surface area contributed by atoms with Gasteiger partial charge in [0.2, 0.25) is 0 Å². The van der Waals surface area contributed by atoms with Crippen molar-refractivity contribution < 1.29 is 14.5 Å². The van der Waals surface area contributed by atoms with Crippen LogP contribution in [-0.4, -0.2) is 53.2 Å². The number of nitrogens with zero attached hydrogens (tertiary/aromatic N) is 4. The summed E-state index contributed by atoms with van der Waals surface area (Å²) >= 11 is 0. The minimum atomic E-state index is -0.00120. The molecule has 0 radical (unpaired) electrons. The van der Waals surface area contributed by atoms with Crippen molar-refractivity contribution in [1.29, 1.82) is 0 Å². The van der Waals surface area contributed by atoms with E-state index in [9.17, 15) is 4.79 Å². The van der Waals surface area contributed by atoms with Crippen LogP contribution < -0.4 is 9.88 Å². The van der Waals surface area contributed by atoms with Gasteiger partial charge >= 0.3 is 0 Å². The van der Waals surface area contributed by atoms with Crippen molar-refractivity contribution in [1.82, 2.24) is 14.5 Å². The van der Waals surface area contributed by atoms with Gasteiger partial charge in [0.25, 0.3) is 11.7 Å². The van der Waals surface area contributed by atoms with Crippen LogP contribution in [0.5, 0.6) is 0 Å². The first-order valence-electron chi connectivity index (χ1n) is 10.3. The third kappa shape index (κ3) is 4.86. The third-order valence-corrected chi connectivity index (χ3v) is 5.45. The highest BCUT2D eigenvalue weighted by atomic mass is 16.5. The Kier molecular flexibility index (Phi) is 6.39. The van der Waals surface area contributed by atoms with Gasteiger partial charge in [-0.25, -0.2) is 9.97 Å². The summed E-state index contributed by atoms with van der Waals surface area (Å²) < 4.78 is 7.37. The number of aromatic nitrogens is 3. The van der Waals surface area contributed by atoms with Gasteiger partial charge in [-0.3, -0.25) is 9.69 Å². The molecule has 1 aliphatic rings. The van der Waals surface area contributed by atoms with Crippen LogP contribution in [0.25, 0.3) is 0 Å². The fraction of sp³-hybridized carbons (Fsp3) is 0.348. The number of amides is 1. The Hall–Kier alpha value is -3.19. The second kappa shape index (κ2) is 9.54. The number of rotatable bonds is 7. The quantitative estimate of drug-likeness (QED) is 0.602. The summed E-state index contributed by atoms with van der Waals surface area (Å²) in [6.07, 6.45) is 6.27. The first-order valence-corrected chi connectivity index (χ1v) is 10.3. The Labute approximate surface area is 176 Å². The lowest BCUT2D eigenvalue weighted by atomic mass is 10.1. The van der Waals surface area contributed by atoms with Gasteiger partial charge in [-0.1, -0.05) is 30.3 Å². The highest BCUT2D eigenvalue weighted by Crippen LogP contribution is 2.13. The van der Waals surface area contributed by atoms with Crippen LogP contribution >= 0.6 is 0 Å². The summed E-state index contributed by atoms with van der Waals surface area (Å²) in [4.78, 5) is 25.1. The zero-order valence-electron chi connectivity index (χ0n) is 17.3. The highest BCUT2D eigenvalue weighted by Gasteiger charge is 2.22. The molecule has 3 heterocycles. The zero-order valence-corrected chi connectivity index (χ0v) is 17.3. The molecule has 0 spiro atoms. The Balaban J connectivity index is 1.49. The number of aromatic amines is 1. The fourth-order valence-electron chi connectivity index (χ4n) is 3.61. The van der Waals surface area contributed by atoms with Crippen molar-refractivity contribution in [3.63, 3.8) is 0 Å². The number of hydrogen-bond donors (Lipinski definition) is 0. The van der Waals surface area contributed by atoms with Gasteiger partial charge in [-0.15, -0.1) is 0 Å². The predicted octanol–water partition coefficient (Wildman–Crippen LogP) is 1.96. The molecule has 156 valence electrons. The van der Waals surface area contributed by atoms with Gasteiger partial charge < -0.3 is 14.2 Å². The fourth-order valence-corrected chi connectivity index (χ4v) is 3.61. The number of H-pyrrole nitrogens is 1. The van der Waals surface area contributed by atoms with Crippen molar-refractivity contribution in [3.8, 4) is 0 Å². The number of ether oxygens (including phenoxy) is 1. The monoisotopic (exact) mass is 406 g/mol. The molecule has 1 aliphatic heterocycles. The minimum absolute atomic E-state index is 0.00120. The summed E-state index contributed by atoms with van der Waals surface area (Å²) in [6, 6.07) is 14.1. The lowest BCUT2D eigenvalue weighted by Crippen LogP contribution is -2.39. The van der Waals surface area contributed by atoms with Crippen LogP contribution in [0.3, 0.4) is 0 Å². The van der Waals surface area contributed by atoms with E-state index in [-0.39, 0.29) is 5.91 Å². The highest BCUT2D eigenvalue weighted by molar-refractivity contribution is 5.93. The van der Waals surface area contributed by atoms with Crippen molar-refractivity contribution in [2.75, 3.05) is 37.7 Å². The molecule has 7 nitrogen and oxygen atoms in total. The number of anilines is 1. The summed E-state index contributed by atoms with van der Waals surface area (Å²) in [7, 11) is 1.95. The maximum atomic E-state index is 13.3. The maximum Gasteiger partial charge on any atom is 0.274 e. The van der Waals surface area contributed by atoms with E-state index in [0.717, 1.165) is 44.4 Å². The topological polar surface area (TPSA) is 64.7 Å². The first-order chi connectivity index (χ1) is 14.7. The van der Waals surface area contributed by atoms with Crippen molar-refractivity contribution in [3.05, 3.63) is 78.0 Å². The van der Waals surface area contributed by atoms with Crippen LogP contribution in [0, 0.1) is 0 Å². The predicted molar refractivity (Wildman–Crippen MR) is 114 cm³/mol. The van der Waals surface area contributed by atoms with Crippen molar-refractivity contribution in [2.24, 2.45) is 7.05 Å². The van der Waals surface area contributed by atoms with E-state index in [4.69, 9.17) is 4.74 Å². The molecule has 0 saturated carbocycles. The van der Waals surface area contributed by atoms with E-state index in [1.54, 1.807) is 12.4 Å². The van der Waals surface area contributed by atoms with Crippen LogP contribution in [-0.2, 0) is 24.8 Å². The maximum absolute atomic E-state index is 13.3. The van der Waals surface area contributed by atoms with E-state index < -0.39 is 0 Å². The number of pyridine rings is 1. The molecule has 0 atom stereocenters. The average Bonchev–Trinajstić information content (AvgIpc) is 3.22. The average molecular weight is 407 g/mol. The molecular weight excluding hydrogens is 378 g/mol. The van der Waals surface area contributed by atoms with Crippen molar-refractivity contribution >= 4 is 11.7 Å².